The normalized spacial score (nSPS) is 16.5. The standard InChI is InChI=1S/C16H20N2O5.ClH/c1-22-15(20)11-6-12(16(21)23-2)8-13(7-11)18-14(19)10-4-3-5-17-9-10;/h6-8,10,17H,3-5,9H2,1-2H3,(H,18,19);1H. The summed E-state index contributed by atoms with van der Waals surface area (Å²) in [6.07, 6.45) is 1.74. The van der Waals surface area contributed by atoms with Crippen LogP contribution in [-0.2, 0) is 14.3 Å². The number of carbonyl (C=O) groups excluding carboxylic acids is 3. The van der Waals surface area contributed by atoms with E-state index in [9.17, 15) is 14.4 Å². The molecule has 1 unspecified atom stereocenters. The van der Waals surface area contributed by atoms with Crippen molar-refractivity contribution in [2.24, 2.45) is 5.92 Å². The Morgan fingerprint density at radius 3 is 2.12 bits per heavy atom. The van der Waals surface area contributed by atoms with Gasteiger partial charge in [0.25, 0.3) is 0 Å². The molecular weight excluding hydrogens is 336 g/mol. The Hall–Kier alpha value is -2.12. The number of halogens is 1. The molecule has 1 atom stereocenters. The van der Waals surface area contributed by atoms with E-state index >= 15 is 0 Å². The van der Waals surface area contributed by atoms with Crippen molar-refractivity contribution in [3.63, 3.8) is 0 Å². The first kappa shape index (κ1) is 19.9. The van der Waals surface area contributed by atoms with Gasteiger partial charge in [-0.05, 0) is 37.6 Å². The lowest BCUT2D eigenvalue weighted by atomic mass is 9.98. The number of carbonyl (C=O) groups is 3. The number of rotatable bonds is 4. The van der Waals surface area contributed by atoms with Crippen LogP contribution in [0.5, 0.6) is 0 Å². The summed E-state index contributed by atoms with van der Waals surface area (Å²) in [6, 6.07) is 4.33. The van der Waals surface area contributed by atoms with Crippen LogP contribution < -0.4 is 10.6 Å². The fraction of sp³-hybridized carbons (Fsp3) is 0.438. The largest absolute Gasteiger partial charge is 0.465 e. The van der Waals surface area contributed by atoms with E-state index in [0.717, 1.165) is 19.4 Å². The zero-order valence-corrected chi connectivity index (χ0v) is 14.4. The zero-order valence-electron chi connectivity index (χ0n) is 13.6. The Labute approximate surface area is 146 Å². The van der Waals surface area contributed by atoms with Crippen molar-refractivity contribution in [2.45, 2.75) is 12.8 Å². The van der Waals surface area contributed by atoms with E-state index < -0.39 is 11.9 Å². The Bertz CT molecular complexity index is 580. The molecule has 2 N–H and O–H groups in total. The van der Waals surface area contributed by atoms with Gasteiger partial charge in [-0.15, -0.1) is 12.4 Å². The quantitative estimate of drug-likeness (QED) is 0.796. The van der Waals surface area contributed by atoms with Crippen LogP contribution in [0, 0.1) is 5.92 Å². The number of esters is 2. The highest BCUT2D eigenvalue weighted by molar-refractivity contribution is 6.00. The molecule has 0 aromatic heterocycles. The molecule has 2 rings (SSSR count). The summed E-state index contributed by atoms with van der Waals surface area (Å²) < 4.78 is 9.33. The highest BCUT2D eigenvalue weighted by Gasteiger charge is 2.22. The van der Waals surface area contributed by atoms with Crippen molar-refractivity contribution in [2.75, 3.05) is 32.6 Å². The highest BCUT2D eigenvalue weighted by Crippen LogP contribution is 2.19. The van der Waals surface area contributed by atoms with E-state index in [0.29, 0.717) is 12.2 Å². The Balaban J connectivity index is 0.00000288. The average molecular weight is 357 g/mol. The molecule has 132 valence electrons. The molecule has 1 aromatic carbocycles. The van der Waals surface area contributed by atoms with Crippen molar-refractivity contribution >= 4 is 35.9 Å². The Morgan fingerprint density at radius 1 is 1.08 bits per heavy atom. The molecule has 24 heavy (non-hydrogen) atoms. The van der Waals surface area contributed by atoms with Gasteiger partial charge in [-0.2, -0.15) is 0 Å². The number of ether oxygens (including phenoxy) is 2. The van der Waals surface area contributed by atoms with E-state index in [4.69, 9.17) is 0 Å². The van der Waals surface area contributed by atoms with E-state index in [1.54, 1.807) is 0 Å². The van der Waals surface area contributed by atoms with Gasteiger partial charge in [0.2, 0.25) is 5.91 Å². The number of hydrogen-bond donors (Lipinski definition) is 2. The first-order valence-electron chi connectivity index (χ1n) is 7.38. The molecule has 1 aliphatic heterocycles. The number of benzene rings is 1. The molecule has 1 aromatic rings. The summed E-state index contributed by atoms with van der Waals surface area (Å²) in [5.74, 6) is -1.46. The summed E-state index contributed by atoms with van der Waals surface area (Å²) in [7, 11) is 2.50. The Morgan fingerprint density at radius 2 is 1.67 bits per heavy atom. The van der Waals surface area contributed by atoms with Crippen LogP contribution in [0.15, 0.2) is 18.2 Å². The molecular formula is C16H21ClN2O5. The lowest BCUT2D eigenvalue weighted by Gasteiger charge is -2.22. The number of amides is 1. The van der Waals surface area contributed by atoms with Gasteiger partial charge in [0.1, 0.15) is 0 Å². The molecule has 1 heterocycles. The third-order valence-electron chi connectivity index (χ3n) is 3.71. The SMILES string of the molecule is COC(=O)c1cc(NC(=O)C2CCCNC2)cc(C(=O)OC)c1.Cl. The van der Waals surface area contributed by atoms with Crippen LogP contribution in [0.2, 0.25) is 0 Å². The number of anilines is 1. The first-order chi connectivity index (χ1) is 11.0. The van der Waals surface area contributed by atoms with Gasteiger partial charge in [-0.25, -0.2) is 9.59 Å². The molecule has 1 amide bonds. The van der Waals surface area contributed by atoms with Crippen LogP contribution in [0.1, 0.15) is 33.6 Å². The topological polar surface area (TPSA) is 93.7 Å². The summed E-state index contributed by atoms with van der Waals surface area (Å²) in [4.78, 5) is 35.7. The average Bonchev–Trinajstić information content (AvgIpc) is 2.60. The fourth-order valence-electron chi connectivity index (χ4n) is 2.49. The summed E-state index contributed by atoms with van der Waals surface area (Å²) in [5, 5.41) is 5.93. The molecule has 0 saturated carbocycles. The molecule has 0 spiro atoms. The first-order valence-corrected chi connectivity index (χ1v) is 7.38. The minimum atomic E-state index is -0.592. The Kier molecular flexibility index (Phi) is 7.67. The number of piperidine rings is 1. The number of hydrogen-bond acceptors (Lipinski definition) is 6. The number of nitrogens with one attached hydrogen (secondary N) is 2. The maximum Gasteiger partial charge on any atom is 0.337 e. The summed E-state index contributed by atoms with van der Waals surface area (Å²) in [5.41, 5.74) is 0.712. The van der Waals surface area contributed by atoms with Gasteiger partial charge in [0.15, 0.2) is 0 Å². The smallest absolute Gasteiger partial charge is 0.337 e. The second-order valence-corrected chi connectivity index (χ2v) is 5.31. The van der Waals surface area contributed by atoms with Crippen molar-refractivity contribution in [3.8, 4) is 0 Å². The van der Waals surface area contributed by atoms with Gasteiger partial charge in [-0.1, -0.05) is 0 Å². The number of methoxy groups -OCH3 is 2. The lowest BCUT2D eigenvalue weighted by Crippen LogP contribution is -2.37. The minimum Gasteiger partial charge on any atom is -0.465 e. The van der Waals surface area contributed by atoms with E-state index in [1.165, 1.54) is 32.4 Å². The van der Waals surface area contributed by atoms with Crippen LogP contribution in [0.25, 0.3) is 0 Å². The second-order valence-electron chi connectivity index (χ2n) is 5.31. The van der Waals surface area contributed by atoms with Crippen LogP contribution >= 0.6 is 12.4 Å². The third-order valence-corrected chi connectivity index (χ3v) is 3.71. The van der Waals surface area contributed by atoms with Gasteiger partial charge >= 0.3 is 11.9 Å². The van der Waals surface area contributed by atoms with Crippen molar-refractivity contribution < 1.29 is 23.9 Å². The summed E-state index contributed by atoms with van der Waals surface area (Å²) >= 11 is 0. The minimum absolute atomic E-state index is 0. The molecule has 1 saturated heterocycles. The van der Waals surface area contributed by atoms with E-state index in [2.05, 4.69) is 20.1 Å². The molecule has 0 aliphatic carbocycles. The van der Waals surface area contributed by atoms with Crippen molar-refractivity contribution in [3.05, 3.63) is 29.3 Å². The van der Waals surface area contributed by atoms with Gasteiger partial charge in [0.05, 0.1) is 31.3 Å². The summed E-state index contributed by atoms with van der Waals surface area (Å²) in [6.45, 7) is 1.53. The van der Waals surface area contributed by atoms with Gasteiger partial charge in [0, 0.05) is 12.2 Å². The highest BCUT2D eigenvalue weighted by atomic mass is 35.5. The predicted molar refractivity (Wildman–Crippen MR) is 90.6 cm³/mol. The lowest BCUT2D eigenvalue weighted by molar-refractivity contribution is -0.120. The molecule has 0 bridgehead atoms. The van der Waals surface area contributed by atoms with Gasteiger partial charge in [-0.3, -0.25) is 4.79 Å². The molecule has 8 heteroatoms. The molecule has 1 aliphatic rings. The van der Waals surface area contributed by atoms with E-state index in [-0.39, 0.29) is 35.4 Å². The predicted octanol–water partition coefficient (Wildman–Crippen LogP) is 1.62. The van der Waals surface area contributed by atoms with Crippen LogP contribution in [-0.4, -0.2) is 45.2 Å². The van der Waals surface area contributed by atoms with Crippen molar-refractivity contribution in [1.29, 1.82) is 0 Å². The molecule has 7 nitrogen and oxygen atoms in total. The third kappa shape index (κ3) is 4.94. The molecule has 0 radical (unpaired) electrons. The van der Waals surface area contributed by atoms with Gasteiger partial charge < -0.3 is 20.1 Å². The van der Waals surface area contributed by atoms with Crippen molar-refractivity contribution in [1.82, 2.24) is 5.32 Å². The monoisotopic (exact) mass is 356 g/mol. The van der Waals surface area contributed by atoms with Crippen LogP contribution in [0.3, 0.4) is 0 Å². The fourth-order valence-corrected chi connectivity index (χ4v) is 2.49. The van der Waals surface area contributed by atoms with E-state index in [1.807, 2.05) is 0 Å². The maximum atomic E-state index is 12.3. The second kappa shape index (κ2) is 9.24. The molecule has 1 fully saturated rings. The maximum absolute atomic E-state index is 12.3. The van der Waals surface area contributed by atoms with Crippen LogP contribution in [0.4, 0.5) is 5.69 Å². The zero-order chi connectivity index (χ0) is 16.8.